The Morgan fingerprint density at radius 2 is 0.709 bits per heavy atom. The number of pyridine rings is 1. The van der Waals surface area contributed by atoms with Crippen LogP contribution in [-0.2, 0) is 0 Å². The van der Waals surface area contributed by atoms with E-state index in [-0.39, 0.29) is 13.3 Å². The molecule has 10 heterocycles. The second-order valence-corrected chi connectivity index (χ2v) is 26.2. The van der Waals surface area contributed by atoms with Gasteiger partial charge in [-0.2, -0.15) is 0 Å². The first-order valence-electron chi connectivity index (χ1n) is 41.7. The van der Waals surface area contributed by atoms with Crippen molar-refractivity contribution in [2.75, 3.05) is 101 Å². The molecule has 14 aromatic rings. The normalized spacial score (nSPS) is 14.4. The molecular formula is C94H113N13O3. The van der Waals surface area contributed by atoms with Crippen molar-refractivity contribution >= 4 is 129 Å². The molecule has 19 rings (SSSR count). The van der Waals surface area contributed by atoms with E-state index in [4.69, 9.17) is 21.5 Å². The van der Waals surface area contributed by atoms with Gasteiger partial charge in [0.25, 0.3) is 0 Å². The van der Waals surface area contributed by atoms with E-state index in [9.17, 15) is 0 Å². The number of aromatic nitrogens is 3. The number of para-hydroxylation sites is 7. The van der Waals surface area contributed by atoms with Crippen molar-refractivity contribution in [3.05, 3.63) is 265 Å². The van der Waals surface area contributed by atoms with E-state index in [1.54, 1.807) is 12.4 Å². The Bertz CT molecular complexity index is 5560. The number of hydrogen-bond acceptors (Lipinski definition) is 16. The summed E-state index contributed by atoms with van der Waals surface area (Å²) >= 11 is 0. The van der Waals surface area contributed by atoms with Crippen LogP contribution in [0.4, 0.5) is 63.0 Å². The topological polar surface area (TPSA) is 110 Å². The molecule has 16 heteroatoms. The van der Waals surface area contributed by atoms with Crippen molar-refractivity contribution in [1.29, 1.82) is 0 Å². The predicted molar refractivity (Wildman–Crippen MR) is 471 cm³/mol. The van der Waals surface area contributed by atoms with E-state index < -0.39 is 14.0 Å². The summed E-state index contributed by atoms with van der Waals surface area (Å²) < 4.78 is 64.4. The lowest BCUT2D eigenvalue weighted by Crippen LogP contribution is -2.30. The molecule has 0 radical (unpaired) electrons. The van der Waals surface area contributed by atoms with Gasteiger partial charge in [0.05, 0.1) is 67.5 Å². The highest BCUT2D eigenvalue weighted by molar-refractivity contribution is 6.12. The number of fused-ring (bicyclic) bond motifs is 12. The highest BCUT2D eigenvalue weighted by Gasteiger charge is 2.31. The summed E-state index contributed by atoms with van der Waals surface area (Å²) in [6.45, 7) is 33.5. The maximum atomic E-state index is 7.66. The molecular weight excluding hydrogens is 1360 g/mol. The number of nitrogens with zero attached hydrogens (tertiary/aromatic N) is 13. The second kappa shape index (κ2) is 37.3. The molecule has 0 saturated carbocycles. The third-order valence-electron chi connectivity index (χ3n) is 19.1. The molecule has 0 N–H and O–H groups in total. The third-order valence-corrected chi connectivity index (χ3v) is 19.1. The molecule has 5 aliphatic heterocycles. The van der Waals surface area contributed by atoms with Crippen LogP contribution in [0.2, 0.25) is 0 Å². The van der Waals surface area contributed by atoms with Crippen molar-refractivity contribution < 1.29 is 21.5 Å². The van der Waals surface area contributed by atoms with Crippen molar-refractivity contribution in [3.63, 3.8) is 0 Å². The molecule has 0 saturated heterocycles. The van der Waals surface area contributed by atoms with Gasteiger partial charge in [-0.25, -0.2) is 15.0 Å². The van der Waals surface area contributed by atoms with E-state index in [1.165, 1.54) is 93.4 Å². The van der Waals surface area contributed by atoms with E-state index in [0.29, 0.717) is 23.5 Å². The van der Waals surface area contributed by atoms with Crippen LogP contribution < -0.4 is 39.2 Å². The molecule has 0 atom stereocenters. The van der Waals surface area contributed by atoms with Gasteiger partial charge in [0, 0.05) is 129 Å². The summed E-state index contributed by atoms with van der Waals surface area (Å²) in [5.41, 5.74) is 20.4. The summed E-state index contributed by atoms with van der Waals surface area (Å²) in [6, 6.07) is 66.3. The molecule has 9 aromatic carbocycles. The number of aryl methyl sites for hydroxylation is 5. The van der Waals surface area contributed by atoms with Crippen LogP contribution in [0.1, 0.15) is 119 Å². The summed E-state index contributed by atoms with van der Waals surface area (Å²) in [7, 11) is 4.21. The van der Waals surface area contributed by atoms with E-state index in [2.05, 4.69) is 215 Å². The zero-order chi connectivity index (χ0) is 83.9. The van der Waals surface area contributed by atoms with Gasteiger partial charge in [-0.3, -0.25) is 0 Å². The number of furan rings is 3. The van der Waals surface area contributed by atoms with Gasteiger partial charge in [-0.05, 0) is 131 Å². The zero-order valence-electron chi connectivity index (χ0n) is 73.7. The molecule has 0 aliphatic carbocycles. The fourth-order valence-electron chi connectivity index (χ4n) is 14.0. The van der Waals surface area contributed by atoms with Gasteiger partial charge in [0.1, 0.15) is 16.7 Å². The monoisotopic (exact) mass is 1480 g/mol. The minimum atomic E-state index is -2.23. The highest BCUT2D eigenvalue weighted by Crippen LogP contribution is 2.47. The molecule has 5 aliphatic rings. The van der Waals surface area contributed by atoms with Gasteiger partial charge < -0.3 is 62.3 Å². The van der Waals surface area contributed by atoms with E-state index >= 15 is 0 Å². The smallest absolute Gasteiger partial charge is 0.178 e. The maximum absolute atomic E-state index is 7.66. The summed E-state index contributed by atoms with van der Waals surface area (Å²) in [5, 5.41) is 7.09. The van der Waals surface area contributed by atoms with Crippen LogP contribution in [0.5, 0.6) is 0 Å². The highest BCUT2D eigenvalue weighted by atomic mass is 16.3. The molecule has 5 aromatic heterocycles. The van der Waals surface area contributed by atoms with Gasteiger partial charge in [-0.1, -0.05) is 209 Å². The Balaban J connectivity index is 0.000000149. The predicted octanol–water partition coefficient (Wildman–Crippen LogP) is 24.8. The average molecular weight is 1480 g/mol. The van der Waals surface area contributed by atoms with Crippen molar-refractivity contribution in [3.8, 4) is 0 Å². The Hall–Kier alpha value is -11.9. The summed E-state index contributed by atoms with van der Waals surface area (Å²) in [5.74, 6) is 1.49. The lowest BCUT2D eigenvalue weighted by molar-refractivity contribution is 0.336. The Morgan fingerprint density at radius 3 is 1.19 bits per heavy atom. The van der Waals surface area contributed by atoms with Crippen LogP contribution in [0.25, 0.3) is 65.8 Å². The van der Waals surface area contributed by atoms with Crippen LogP contribution in [0, 0.1) is 34.6 Å². The fourth-order valence-corrected chi connectivity index (χ4v) is 14.0. The molecule has 0 unspecified atom stereocenters. The molecule has 572 valence electrons. The van der Waals surface area contributed by atoms with Gasteiger partial charge in [0.2, 0.25) is 0 Å². The Morgan fingerprint density at radius 1 is 0.318 bits per heavy atom. The van der Waals surface area contributed by atoms with Crippen LogP contribution in [0.3, 0.4) is 0 Å². The first-order chi connectivity index (χ1) is 56.1. The Kier molecular flexibility index (Phi) is 24.5. The molecule has 0 spiro atoms. The first kappa shape index (κ1) is 72.3. The largest absolute Gasteiger partial charge is 0.454 e. The van der Waals surface area contributed by atoms with Gasteiger partial charge in [-0.15, -0.1) is 0 Å². The zero-order valence-corrected chi connectivity index (χ0v) is 67.7. The molecule has 0 bridgehead atoms. The van der Waals surface area contributed by atoms with E-state index in [0.717, 1.165) is 81.7 Å². The van der Waals surface area contributed by atoms with Crippen molar-refractivity contribution in [2.45, 2.75) is 124 Å². The SMILES string of the molecule is CC.CC.CC.CC.CC.Cc1ccc2c(oc3ccccc32)c1N1C=CN(C(C)C)C1.Cc1ccc2c(oc3ccccc32)c1N1C=CN(C)C1.Cc1ccc2c(oc3ccccc32)c1N1CN(C)c2ccccc21.[2H]C([2H])([2H])N1CN(c2ccccc2C)c2cccnc21.[2H]C([2H])([2H])N1CN(c2ccccc2C)c2nccnc21. The molecule has 16 nitrogen and oxygen atoms in total. The number of rotatable bonds is 6. The summed E-state index contributed by atoms with van der Waals surface area (Å²) in [6.07, 6.45) is 13.2. The number of benzene rings is 9. The standard InChI is InChI=1S/C21H18N2O.C19H20N2O.C17H16N2O.C14H15N3.C13H14N4.5C2H6/c1-14-11-12-16-15-7-3-6-10-19(15)24-21(16)20(14)23-13-22(2)17-8-4-5-9-18(17)23;1-13(2)20-10-11-21(12-20)18-14(3)8-9-16-15-6-4-5-7-17(15)22-19(16)18;1-12-7-8-14-13-5-3-4-6-15(13)20-17(14)16(12)19-10-9-18(2)11-19;1-11-6-3-4-7-12(11)17-10-16(2)14-13(17)8-5-9-15-14;1-10-5-3-4-6-11(10)17-9-16(2)12-13(17)15-8-7-14-12;5*1-2/h3-12H,13H2,1-2H3;4-11,13H,12H2,1-3H3;3-10H,11H2,1-2H3;3-9H,10H2,1-2H3;3-8H,9H2,1-2H3;5*1-2H3/i;;;2*2D3;;;;;. The van der Waals surface area contributed by atoms with E-state index in [1.807, 2.05) is 190 Å². The van der Waals surface area contributed by atoms with Crippen molar-refractivity contribution in [2.24, 2.45) is 0 Å². The molecule has 0 amide bonds. The summed E-state index contributed by atoms with van der Waals surface area (Å²) in [4.78, 5) is 32.8. The molecule has 110 heavy (non-hydrogen) atoms. The van der Waals surface area contributed by atoms with Crippen molar-refractivity contribution in [1.82, 2.24) is 24.8 Å². The van der Waals surface area contributed by atoms with Crippen LogP contribution in [-0.4, -0.2) is 92.2 Å². The number of anilines is 11. The van der Waals surface area contributed by atoms with Crippen LogP contribution in [0.15, 0.2) is 251 Å². The second-order valence-electron chi connectivity index (χ2n) is 26.2. The third kappa shape index (κ3) is 16.6. The Labute approximate surface area is 661 Å². The lowest BCUT2D eigenvalue weighted by Gasteiger charge is -2.25. The minimum absolute atomic E-state index is 0.223. The lowest BCUT2D eigenvalue weighted by atomic mass is 10.1. The van der Waals surface area contributed by atoms with Gasteiger partial charge >= 0.3 is 0 Å². The molecule has 0 fully saturated rings. The number of hydrogen-bond donors (Lipinski definition) is 0. The first-order valence-corrected chi connectivity index (χ1v) is 38.7. The quantitative estimate of drug-likeness (QED) is 0.157. The fraction of sp³-hybridized carbons (Fsp3) is 0.287. The minimum Gasteiger partial charge on any atom is -0.454 e. The van der Waals surface area contributed by atoms with Crippen LogP contribution >= 0.6 is 0 Å². The average Bonchev–Trinajstić information content (AvgIpc) is 1.62. The maximum Gasteiger partial charge on any atom is 0.178 e. The van der Waals surface area contributed by atoms with Gasteiger partial charge in [0.15, 0.2) is 34.2 Å².